The van der Waals surface area contributed by atoms with Gasteiger partial charge in [0.05, 0.1) is 5.56 Å². The first-order valence-corrected chi connectivity index (χ1v) is 5.02. The topological polar surface area (TPSA) is 42.0 Å². The van der Waals surface area contributed by atoms with Gasteiger partial charge in [0, 0.05) is 18.4 Å². The Labute approximate surface area is 87.5 Å². The van der Waals surface area contributed by atoms with E-state index in [1.54, 1.807) is 6.07 Å². The van der Waals surface area contributed by atoms with E-state index in [-0.39, 0.29) is 0 Å². The monoisotopic (exact) mass is 210 g/mol. The van der Waals surface area contributed by atoms with Crippen LogP contribution in [0.15, 0.2) is 12.3 Å². The van der Waals surface area contributed by atoms with Crippen LogP contribution in [0, 0.1) is 5.92 Å². The van der Waals surface area contributed by atoms with E-state index in [0.717, 1.165) is 24.4 Å². The van der Waals surface area contributed by atoms with Crippen LogP contribution in [-0.4, -0.2) is 17.8 Å². The smallest absolute Gasteiger partial charge is 0.153 e. The molecule has 0 atom stereocenters. The van der Waals surface area contributed by atoms with Crippen LogP contribution in [0.25, 0.3) is 0 Å². The lowest BCUT2D eigenvalue weighted by Crippen LogP contribution is -2.05. The summed E-state index contributed by atoms with van der Waals surface area (Å²) in [6, 6.07) is 1.69. The van der Waals surface area contributed by atoms with Gasteiger partial charge in [-0.3, -0.25) is 4.79 Å². The molecule has 1 saturated carbocycles. The van der Waals surface area contributed by atoms with E-state index in [1.807, 2.05) is 0 Å². The summed E-state index contributed by atoms with van der Waals surface area (Å²) in [4.78, 5) is 14.5. The standard InChI is InChI=1S/C10H11ClN2O/c11-10-3-9(8(6-14)5-13-10)12-4-7-1-2-7/h3,5-7H,1-2,4H2,(H,12,13). The number of nitrogens with zero attached hydrogens (tertiary/aromatic N) is 1. The summed E-state index contributed by atoms with van der Waals surface area (Å²) in [6.07, 6.45) is 4.84. The van der Waals surface area contributed by atoms with Crippen molar-refractivity contribution in [3.8, 4) is 0 Å². The molecule has 0 bridgehead atoms. The Hall–Kier alpha value is -1.09. The summed E-state index contributed by atoms with van der Waals surface area (Å²) >= 11 is 5.74. The van der Waals surface area contributed by atoms with Gasteiger partial charge in [0.2, 0.25) is 0 Å². The zero-order valence-corrected chi connectivity index (χ0v) is 8.42. The number of aromatic nitrogens is 1. The molecule has 1 aromatic rings. The minimum absolute atomic E-state index is 0.411. The molecule has 2 rings (SSSR count). The minimum atomic E-state index is 0.411. The first kappa shape index (κ1) is 9.46. The van der Waals surface area contributed by atoms with E-state index >= 15 is 0 Å². The molecule has 1 aromatic heterocycles. The number of pyridine rings is 1. The second-order valence-corrected chi connectivity index (χ2v) is 3.92. The summed E-state index contributed by atoms with van der Waals surface area (Å²) in [5.74, 6) is 0.765. The number of halogens is 1. The van der Waals surface area contributed by atoms with Gasteiger partial charge in [-0.15, -0.1) is 0 Å². The maximum atomic E-state index is 10.7. The van der Waals surface area contributed by atoms with Gasteiger partial charge in [-0.1, -0.05) is 11.6 Å². The molecule has 74 valence electrons. The number of carbonyl (C=O) groups is 1. The highest BCUT2D eigenvalue weighted by atomic mass is 35.5. The fraction of sp³-hybridized carbons (Fsp3) is 0.400. The number of aldehydes is 1. The van der Waals surface area contributed by atoms with Crippen LogP contribution in [0.4, 0.5) is 5.69 Å². The lowest BCUT2D eigenvalue weighted by atomic mass is 10.2. The zero-order chi connectivity index (χ0) is 9.97. The molecule has 0 aromatic carbocycles. The van der Waals surface area contributed by atoms with Crippen LogP contribution in [0.1, 0.15) is 23.2 Å². The first-order valence-electron chi connectivity index (χ1n) is 4.64. The van der Waals surface area contributed by atoms with Gasteiger partial charge in [0.25, 0.3) is 0 Å². The highest BCUT2D eigenvalue weighted by molar-refractivity contribution is 6.29. The molecular formula is C10H11ClN2O. The third kappa shape index (κ3) is 2.23. The molecule has 4 heteroatoms. The van der Waals surface area contributed by atoms with E-state index in [9.17, 15) is 4.79 Å². The third-order valence-electron chi connectivity index (χ3n) is 2.31. The summed E-state index contributed by atoms with van der Waals surface area (Å²) in [5, 5.41) is 3.62. The summed E-state index contributed by atoms with van der Waals surface area (Å²) in [7, 11) is 0. The molecule has 1 fully saturated rings. The molecule has 0 radical (unpaired) electrons. The van der Waals surface area contributed by atoms with Gasteiger partial charge >= 0.3 is 0 Å². The Morgan fingerprint density at radius 2 is 2.43 bits per heavy atom. The maximum Gasteiger partial charge on any atom is 0.153 e. The maximum absolute atomic E-state index is 10.7. The van der Waals surface area contributed by atoms with Crippen molar-refractivity contribution < 1.29 is 4.79 Å². The van der Waals surface area contributed by atoms with E-state index in [0.29, 0.717) is 10.7 Å². The van der Waals surface area contributed by atoms with Crippen molar-refractivity contribution in [3.05, 3.63) is 23.0 Å². The predicted octanol–water partition coefficient (Wildman–Crippen LogP) is 2.37. The van der Waals surface area contributed by atoms with Crippen molar-refractivity contribution >= 4 is 23.6 Å². The number of rotatable bonds is 4. The normalized spacial score (nSPS) is 15.2. The second-order valence-electron chi connectivity index (χ2n) is 3.54. The summed E-state index contributed by atoms with van der Waals surface area (Å²) < 4.78 is 0. The molecular weight excluding hydrogens is 200 g/mol. The SMILES string of the molecule is O=Cc1cnc(Cl)cc1NCC1CC1. The van der Waals surface area contributed by atoms with Crippen LogP contribution in [-0.2, 0) is 0 Å². The molecule has 0 saturated heterocycles. The molecule has 14 heavy (non-hydrogen) atoms. The van der Waals surface area contributed by atoms with Gasteiger partial charge in [0.1, 0.15) is 5.15 Å². The summed E-state index contributed by atoms with van der Waals surface area (Å²) in [5.41, 5.74) is 1.35. The molecule has 1 aliphatic carbocycles. The van der Waals surface area contributed by atoms with Crippen molar-refractivity contribution in [2.24, 2.45) is 5.92 Å². The highest BCUT2D eigenvalue weighted by Crippen LogP contribution is 2.29. The fourth-order valence-electron chi connectivity index (χ4n) is 1.26. The van der Waals surface area contributed by atoms with Crippen LogP contribution >= 0.6 is 11.6 Å². The van der Waals surface area contributed by atoms with Crippen molar-refractivity contribution in [3.63, 3.8) is 0 Å². The van der Waals surface area contributed by atoms with Crippen molar-refractivity contribution in [1.29, 1.82) is 0 Å². The predicted molar refractivity (Wildman–Crippen MR) is 55.8 cm³/mol. The average molecular weight is 211 g/mol. The number of anilines is 1. The van der Waals surface area contributed by atoms with E-state index in [4.69, 9.17) is 11.6 Å². The fourth-order valence-corrected chi connectivity index (χ4v) is 1.42. The number of carbonyl (C=O) groups excluding carboxylic acids is 1. The average Bonchev–Trinajstić information content (AvgIpc) is 2.98. The van der Waals surface area contributed by atoms with Gasteiger partial charge < -0.3 is 5.32 Å². The number of hydrogen-bond acceptors (Lipinski definition) is 3. The Bertz CT molecular complexity index is 350. The lowest BCUT2D eigenvalue weighted by Gasteiger charge is -2.07. The van der Waals surface area contributed by atoms with Gasteiger partial charge in [0.15, 0.2) is 6.29 Å². The second kappa shape index (κ2) is 3.96. The van der Waals surface area contributed by atoms with Gasteiger partial charge in [-0.25, -0.2) is 4.98 Å². The van der Waals surface area contributed by atoms with Crippen LogP contribution in [0.5, 0.6) is 0 Å². The Morgan fingerprint density at radius 1 is 1.64 bits per heavy atom. The van der Waals surface area contributed by atoms with E-state index in [1.165, 1.54) is 19.0 Å². The van der Waals surface area contributed by atoms with Crippen LogP contribution < -0.4 is 5.32 Å². The van der Waals surface area contributed by atoms with Gasteiger partial charge in [-0.2, -0.15) is 0 Å². The molecule has 1 N–H and O–H groups in total. The van der Waals surface area contributed by atoms with Crippen molar-refractivity contribution in [1.82, 2.24) is 4.98 Å². The molecule has 0 unspecified atom stereocenters. The lowest BCUT2D eigenvalue weighted by molar-refractivity contribution is 0.112. The zero-order valence-electron chi connectivity index (χ0n) is 7.66. The third-order valence-corrected chi connectivity index (χ3v) is 2.51. The highest BCUT2D eigenvalue weighted by Gasteiger charge is 2.20. The number of hydrogen-bond donors (Lipinski definition) is 1. The summed E-state index contributed by atoms with van der Waals surface area (Å²) in [6.45, 7) is 0.918. The molecule has 1 heterocycles. The molecule has 0 aliphatic heterocycles. The first-order chi connectivity index (χ1) is 6.79. The molecule has 0 spiro atoms. The molecule has 0 amide bonds. The van der Waals surface area contributed by atoms with E-state index < -0.39 is 0 Å². The Kier molecular flexibility index (Phi) is 2.68. The largest absolute Gasteiger partial charge is 0.384 e. The van der Waals surface area contributed by atoms with Crippen molar-refractivity contribution in [2.75, 3.05) is 11.9 Å². The number of nitrogens with one attached hydrogen (secondary N) is 1. The van der Waals surface area contributed by atoms with Gasteiger partial charge in [-0.05, 0) is 24.8 Å². The Morgan fingerprint density at radius 3 is 3.07 bits per heavy atom. The molecule has 1 aliphatic rings. The quantitative estimate of drug-likeness (QED) is 0.613. The minimum Gasteiger partial charge on any atom is -0.384 e. The van der Waals surface area contributed by atoms with Crippen molar-refractivity contribution in [2.45, 2.75) is 12.8 Å². The van der Waals surface area contributed by atoms with Crippen LogP contribution in [0.2, 0.25) is 5.15 Å². The molecule has 3 nitrogen and oxygen atoms in total. The van der Waals surface area contributed by atoms with Crippen LogP contribution in [0.3, 0.4) is 0 Å². The Balaban J connectivity index is 2.11. The van der Waals surface area contributed by atoms with E-state index in [2.05, 4.69) is 10.3 Å².